The Morgan fingerprint density at radius 1 is 0.964 bits per heavy atom. The summed E-state index contributed by atoms with van der Waals surface area (Å²) in [6.07, 6.45) is 0.424. The standard InChI is InChI=1S/C20H20O7S/c21-17(15-7-8-18-19(13-15)26-11-4-10-25-18)14-27-20(22)9-12-28(23,24)16-5-2-1-3-6-16/h1-3,5-8,13H,4,9-12,14H2. The molecule has 3 rings (SSSR count). The minimum atomic E-state index is -3.58. The number of sulfone groups is 1. The molecule has 0 atom stereocenters. The molecule has 0 bridgehead atoms. The number of hydrogen-bond acceptors (Lipinski definition) is 7. The van der Waals surface area contributed by atoms with E-state index in [4.69, 9.17) is 14.2 Å². The molecular formula is C20H20O7S. The van der Waals surface area contributed by atoms with Crippen molar-refractivity contribution in [2.24, 2.45) is 0 Å². The Balaban J connectivity index is 1.52. The Kier molecular flexibility index (Phi) is 6.30. The van der Waals surface area contributed by atoms with E-state index >= 15 is 0 Å². The molecule has 1 aliphatic heterocycles. The third-order valence-corrected chi connectivity index (χ3v) is 5.84. The Labute approximate surface area is 163 Å². The van der Waals surface area contributed by atoms with E-state index in [9.17, 15) is 18.0 Å². The molecule has 0 N–H and O–H groups in total. The van der Waals surface area contributed by atoms with Crippen molar-refractivity contribution in [3.63, 3.8) is 0 Å². The van der Waals surface area contributed by atoms with Gasteiger partial charge in [-0.3, -0.25) is 9.59 Å². The molecule has 0 aliphatic carbocycles. The Hall–Kier alpha value is -2.87. The van der Waals surface area contributed by atoms with Crippen molar-refractivity contribution in [2.75, 3.05) is 25.6 Å². The minimum absolute atomic E-state index is 0.145. The number of ether oxygens (including phenoxy) is 3. The predicted octanol–water partition coefficient (Wildman–Crippen LogP) is 2.44. The Bertz CT molecular complexity index is 952. The van der Waals surface area contributed by atoms with E-state index in [0.29, 0.717) is 30.3 Å². The van der Waals surface area contributed by atoms with Crippen molar-refractivity contribution in [1.29, 1.82) is 0 Å². The van der Waals surface area contributed by atoms with E-state index in [1.165, 1.54) is 12.1 Å². The summed E-state index contributed by atoms with van der Waals surface area (Å²) in [6, 6.07) is 12.6. The van der Waals surface area contributed by atoms with Crippen LogP contribution in [0.5, 0.6) is 11.5 Å². The average molecular weight is 404 g/mol. The minimum Gasteiger partial charge on any atom is -0.490 e. The van der Waals surface area contributed by atoms with Crippen molar-refractivity contribution in [1.82, 2.24) is 0 Å². The van der Waals surface area contributed by atoms with Crippen molar-refractivity contribution >= 4 is 21.6 Å². The van der Waals surface area contributed by atoms with Gasteiger partial charge in [-0.2, -0.15) is 0 Å². The van der Waals surface area contributed by atoms with Crippen LogP contribution in [-0.4, -0.2) is 45.7 Å². The molecule has 0 unspecified atom stereocenters. The number of ketones is 1. The summed E-state index contributed by atoms with van der Waals surface area (Å²) >= 11 is 0. The highest BCUT2D eigenvalue weighted by Crippen LogP contribution is 2.30. The molecule has 1 heterocycles. The average Bonchev–Trinajstić information content (AvgIpc) is 2.96. The summed E-state index contributed by atoms with van der Waals surface area (Å²) in [5.74, 6) is -0.494. The van der Waals surface area contributed by atoms with Crippen LogP contribution in [0.2, 0.25) is 0 Å². The van der Waals surface area contributed by atoms with Gasteiger partial charge in [0, 0.05) is 12.0 Å². The Morgan fingerprint density at radius 3 is 2.43 bits per heavy atom. The molecule has 148 valence electrons. The van der Waals surface area contributed by atoms with Gasteiger partial charge >= 0.3 is 5.97 Å². The topological polar surface area (TPSA) is 96.0 Å². The Morgan fingerprint density at radius 2 is 1.68 bits per heavy atom. The number of esters is 1. The normalized spacial score (nSPS) is 13.4. The van der Waals surface area contributed by atoms with Crippen LogP contribution in [0.25, 0.3) is 0 Å². The van der Waals surface area contributed by atoms with E-state index in [1.807, 2.05) is 0 Å². The zero-order valence-electron chi connectivity index (χ0n) is 15.1. The highest BCUT2D eigenvalue weighted by Gasteiger charge is 2.19. The second-order valence-electron chi connectivity index (χ2n) is 6.18. The molecular weight excluding hydrogens is 384 g/mol. The van der Waals surface area contributed by atoms with E-state index in [-0.39, 0.29) is 17.1 Å². The zero-order valence-corrected chi connectivity index (χ0v) is 15.9. The highest BCUT2D eigenvalue weighted by atomic mass is 32.2. The first kappa shape index (κ1) is 19.9. The number of rotatable bonds is 7. The van der Waals surface area contributed by atoms with Crippen LogP contribution in [0.3, 0.4) is 0 Å². The van der Waals surface area contributed by atoms with Crippen LogP contribution in [0.1, 0.15) is 23.2 Å². The maximum absolute atomic E-state index is 12.3. The van der Waals surface area contributed by atoms with Gasteiger partial charge in [-0.15, -0.1) is 0 Å². The lowest BCUT2D eigenvalue weighted by Crippen LogP contribution is -2.17. The van der Waals surface area contributed by atoms with Gasteiger partial charge in [-0.05, 0) is 30.3 Å². The molecule has 28 heavy (non-hydrogen) atoms. The van der Waals surface area contributed by atoms with E-state index in [2.05, 4.69) is 0 Å². The van der Waals surface area contributed by atoms with E-state index in [1.54, 1.807) is 36.4 Å². The predicted molar refractivity (Wildman–Crippen MR) is 100 cm³/mol. The second-order valence-corrected chi connectivity index (χ2v) is 8.29. The summed E-state index contributed by atoms with van der Waals surface area (Å²) in [5, 5.41) is 0. The number of Topliss-reactive ketones (excluding diaryl/α,β-unsaturated/α-hetero) is 1. The SMILES string of the molecule is O=C(CCS(=O)(=O)c1ccccc1)OCC(=O)c1ccc2c(c1)OCCCO2. The summed E-state index contributed by atoms with van der Waals surface area (Å²) in [6.45, 7) is 0.573. The lowest BCUT2D eigenvalue weighted by molar-refractivity contribution is -0.142. The molecule has 8 heteroatoms. The molecule has 0 amide bonds. The van der Waals surface area contributed by atoms with Crippen LogP contribution in [-0.2, 0) is 19.4 Å². The van der Waals surface area contributed by atoms with Crippen molar-refractivity contribution in [3.05, 3.63) is 54.1 Å². The van der Waals surface area contributed by atoms with Gasteiger partial charge in [0.05, 0.1) is 30.3 Å². The molecule has 0 fully saturated rings. The number of hydrogen-bond donors (Lipinski definition) is 0. The fraction of sp³-hybridized carbons (Fsp3) is 0.300. The van der Waals surface area contributed by atoms with Gasteiger partial charge in [0.15, 0.2) is 33.7 Å². The summed E-state index contributed by atoms with van der Waals surface area (Å²) in [7, 11) is -3.58. The third-order valence-electron chi connectivity index (χ3n) is 4.11. The summed E-state index contributed by atoms with van der Waals surface area (Å²) in [4.78, 5) is 24.2. The maximum atomic E-state index is 12.3. The fourth-order valence-electron chi connectivity index (χ4n) is 2.60. The van der Waals surface area contributed by atoms with Crippen molar-refractivity contribution in [3.8, 4) is 11.5 Å². The highest BCUT2D eigenvalue weighted by molar-refractivity contribution is 7.91. The number of carbonyl (C=O) groups excluding carboxylic acids is 2. The van der Waals surface area contributed by atoms with Crippen LogP contribution >= 0.6 is 0 Å². The van der Waals surface area contributed by atoms with Crippen molar-refractivity contribution < 1.29 is 32.2 Å². The maximum Gasteiger partial charge on any atom is 0.307 e. The first-order chi connectivity index (χ1) is 13.5. The fourth-order valence-corrected chi connectivity index (χ4v) is 3.84. The molecule has 0 spiro atoms. The summed E-state index contributed by atoms with van der Waals surface area (Å²) < 4.78 is 40.3. The molecule has 7 nitrogen and oxygen atoms in total. The molecule has 0 radical (unpaired) electrons. The van der Waals surface area contributed by atoms with Gasteiger partial charge in [-0.25, -0.2) is 8.42 Å². The van der Waals surface area contributed by atoms with Gasteiger partial charge in [-0.1, -0.05) is 18.2 Å². The van der Waals surface area contributed by atoms with E-state index in [0.717, 1.165) is 6.42 Å². The van der Waals surface area contributed by atoms with Crippen LogP contribution < -0.4 is 9.47 Å². The lowest BCUT2D eigenvalue weighted by atomic mass is 10.1. The van der Waals surface area contributed by atoms with E-state index < -0.39 is 28.2 Å². The number of carbonyl (C=O) groups is 2. The summed E-state index contributed by atoms with van der Waals surface area (Å²) in [5.41, 5.74) is 0.328. The lowest BCUT2D eigenvalue weighted by Gasteiger charge is -2.09. The first-order valence-electron chi connectivity index (χ1n) is 8.82. The second kappa shape index (κ2) is 8.88. The van der Waals surface area contributed by atoms with Gasteiger partial charge in [0.1, 0.15) is 0 Å². The molecule has 2 aromatic rings. The molecule has 0 saturated carbocycles. The van der Waals surface area contributed by atoms with Gasteiger partial charge in [0.2, 0.25) is 0 Å². The largest absolute Gasteiger partial charge is 0.490 e. The monoisotopic (exact) mass is 404 g/mol. The molecule has 0 saturated heterocycles. The number of benzene rings is 2. The zero-order chi connectivity index (χ0) is 20.0. The first-order valence-corrected chi connectivity index (χ1v) is 10.5. The molecule has 0 aromatic heterocycles. The van der Waals surface area contributed by atoms with Crippen molar-refractivity contribution in [2.45, 2.75) is 17.7 Å². The van der Waals surface area contributed by atoms with Crippen LogP contribution in [0.15, 0.2) is 53.4 Å². The quantitative estimate of drug-likeness (QED) is 0.516. The van der Waals surface area contributed by atoms with Crippen LogP contribution in [0, 0.1) is 0 Å². The molecule has 1 aliphatic rings. The van der Waals surface area contributed by atoms with Gasteiger partial charge < -0.3 is 14.2 Å². The smallest absolute Gasteiger partial charge is 0.307 e. The van der Waals surface area contributed by atoms with Gasteiger partial charge in [0.25, 0.3) is 0 Å². The third kappa shape index (κ3) is 5.10. The number of fused-ring (bicyclic) bond motifs is 1. The molecule has 2 aromatic carbocycles. The van der Waals surface area contributed by atoms with Crippen LogP contribution in [0.4, 0.5) is 0 Å².